The van der Waals surface area contributed by atoms with Crippen LogP contribution in [-0.4, -0.2) is 47.3 Å². The summed E-state index contributed by atoms with van der Waals surface area (Å²) >= 11 is 0. The molecule has 0 spiro atoms. The Morgan fingerprint density at radius 3 is 2.39 bits per heavy atom. The van der Waals surface area contributed by atoms with Crippen LogP contribution in [0, 0.1) is 5.41 Å². The summed E-state index contributed by atoms with van der Waals surface area (Å²) in [6, 6.07) is 4.31. The topological polar surface area (TPSA) is 104 Å². The number of carbonyl (C=O) groups excluding carboxylic acids is 3. The van der Waals surface area contributed by atoms with Crippen molar-refractivity contribution in [1.82, 2.24) is 10.2 Å². The molecule has 0 aliphatic carbocycles. The number of benzene rings is 1. The number of nitrogens with zero attached hydrogens (tertiary/aromatic N) is 1. The predicted molar refractivity (Wildman–Crippen MR) is 81.2 cm³/mol. The molecule has 2 N–H and O–H groups in total. The minimum Gasteiger partial charge on any atom is -0.481 e. The summed E-state index contributed by atoms with van der Waals surface area (Å²) in [5, 5.41) is 11.6. The number of nitrogens with one attached hydrogen (secondary N) is 1. The molecule has 2 rings (SSSR count). The lowest BCUT2D eigenvalue weighted by molar-refractivity contribution is -0.147. The highest BCUT2D eigenvalue weighted by molar-refractivity contribution is 6.21. The van der Waals surface area contributed by atoms with E-state index in [1.807, 2.05) is 0 Å². The zero-order valence-electron chi connectivity index (χ0n) is 13.2. The van der Waals surface area contributed by atoms with E-state index >= 15 is 0 Å². The van der Waals surface area contributed by atoms with Crippen LogP contribution >= 0.6 is 0 Å². The van der Waals surface area contributed by atoms with Gasteiger partial charge in [0.1, 0.15) is 0 Å². The first-order chi connectivity index (χ1) is 10.6. The van der Waals surface area contributed by atoms with Crippen molar-refractivity contribution in [3.63, 3.8) is 0 Å². The number of aliphatic carboxylic acids is 1. The Kier molecular flexibility index (Phi) is 4.22. The molecule has 1 heterocycles. The van der Waals surface area contributed by atoms with Crippen molar-refractivity contribution >= 4 is 23.7 Å². The summed E-state index contributed by atoms with van der Waals surface area (Å²) in [4.78, 5) is 47.8. The zero-order chi connectivity index (χ0) is 17.4. The lowest BCUT2D eigenvalue weighted by Crippen LogP contribution is -2.32. The highest BCUT2D eigenvalue weighted by Crippen LogP contribution is 2.23. The smallest absolute Gasteiger partial charge is 0.309 e. The average Bonchev–Trinajstić information content (AvgIpc) is 2.71. The van der Waals surface area contributed by atoms with Gasteiger partial charge in [0.2, 0.25) is 0 Å². The molecule has 0 aromatic heterocycles. The van der Waals surface area contributed by atoms with E-state index in [0.29, 0.717) is 0 Å². The fourth-order valence-corrected chi connectivity index (χ4v) is 2.20. The zero-order valence-corrected chi connectivity index (χ0v) is 13.2. The molecule has 0 saturated heterocycles. The normalized spacial score (nSPS) is 14.0. The van der Waals surface area contributed by atoms with Crippen molar-refractivity contribution in [3.05, 3.63) is 34.9 Å². The van der Waals surface area contributed by atoms with Crippen LogP contribution in [0.3, 0.4) is 0 Å². The largest absolute Gasteiger partial charge is 0.481 e. The van der Waals surface area contributed by atoms with Crippen molar-refractivity contribution in [3.8, 4) is 0 Å². The number of carbonyl (C=O) groups is 4. The van der Waals surface area contributed by atoms with E-state index in [2.05, 4.69) is 5.32 Å². The third-order valence-electron chi connectivity index (χ3n) is 3.97. The summed E-state index contributed by atoms with van der Waals surface area (Å²) in [6.07, 6.45) is 0.277. The van der Waals surface area contributed by atoms with Crippen LogP contribution in [0.15, 0.2) is 18.2 Å². The lowest BCUT2D eigenvalue weighted by Gasteiger charge is -2.18. The van der Waals surface area contributed by atoms with E-state index < -0.39 is 23.2 Å². The third-order valence-corrected chi connectivity index (χ3v) is 3.97. The van der Waals surface area contributed by atoms with Gasteiger partial charge in [-0.25, -0.2) is 0 Å². The SMILES string of the molecule is CN1C(=O)c2ccc(C(=O)NCCC(C)(C)C(=O)O)cc2C1=O. The van der Waals surface area contributed by atoms with Gasteiger partial charge in [0.25, 0.3) is 17.7 Å². The fraction of sp³-hybridized carbons (Fsp3) is 0.375. The van der Waals surface area contributed by atoms with Crippen molar-refractivity contribution in [2.75, 3.05) is 13.6 Å². The summed E-state index contributed by atoms with van der Waals surface area (Å²) in [7, 11) is 1.39. The monoisotopic (exact) mass is 318 g/mol. The maximum absolute atomic E-state index is 12.1. The molecule has 0 fully saturated rings. The minimum atomic E-state index is -0.934. The van der Waals surface area contributed by atoms with Crippen molar-refractivity contribution in [2.24, 2.45) is 5.41 Å². The molecule has 0 bridgehead atoms. The Morgan fingerprint density at radius 1 is 1.17 bits per heavy atom. The van der Waals surface area contributed by atoms with Crippen LogP contribution < -0.4 is 5.32 Å². The van der Waals surface area contributed by atoms with Gasteiger partial charge in [-0.2, -0.15) is 0 Å². The summed E-state index contributed by atoms with van der Waals surface area (Å²) < 4.78 is 0. The number of amides is 3. The first-order valence-corrected chi connectivity index (χ1v) is 7.13. The standard InChI is InChI=1S/C16H18N2O5/c1-16(2,15(22)23)6-7-17-12(19)9-4-5-10-11(8-9)14(21)18(3)13(10)20/h4-5,8H,6-7H2,1-3H3,(H,17,19)(H,22,23). The van der Waals surface area contributed by atoms with Gasteiger partial charge < -0.3 is 10.4 Å². The van der Waals surface area contributed by atoms with Crippen molar-refractivity contribution in [1.29, 1.82) is 0 Å². The maximum atomic E-state index is 12.1. The van der Waals surface area contributed by atoms with Gasteiger partial charge in [0, 0.05) is 19.2 Å². The summed E-state index contributed by atoms with van der Waals surface area (Å²) in [5.74, 6) is -2.17. The summed E-state index contributed by atoms with van der Waals surface area (Å²) in [5.41, 5.74) is -0.193. The van der Waals surface area contributed by atoms with E-state index in [1.165, 1.54) is 25.2 Å². The molecule has 0 unspecified atom stereocenters. The van der Waals surface area contributed by atoms with Gasteiger partial charge in [-0.05, 0) is 38.5 Å². The van der Waals surface area contributed by atoms with Gasteiger partial charge in [-0.3, -0.25) is 24.1 Å². The second-order valence-corrected chi connectivity index (χ2v) is 6.12. The minimum absolute atomic E-state index is 0.196. The molecule has 23 heavy (non-hydrogen) atoms. The van der Waals surface area contributed by atoms with Crippen LogP contribution in [0.4, 0.5) is 0 Å². The second kappa shape index (κ2) is 5.83. The molecule has 3 amide bonds. The molecule has 1 aliphatic rings. The van der Waals surface area contributed by atoms with Gasteiger partial charge >= 0.3 is 5.97 Å². The Bertz CT molecular complexity index is 708. The van der Waals surface area contributed by atoms with Crippen LogP contribution in [-0.2, 0) is 4.79 Å². The van der Waals surface area contributed by atoms with Gasteiger partial charge in [-0.15, -0.1) is 0 Å². The maximum Gasteiger partial charge on any atom is 0.309 e. The summed E-state index contributed by atoms with van der Waals surface area (Å²) in [6.45, 7) is 3.36. The van der Waals surface area contributed by atoms with Crippen LogP contribution in [0.1, 0.15) is 51.3 Å². The molecular formula is C16H18N2O5. The molecule has 122 valence electrons. The fourth-order valence-electron chi connectivity index (χ4n) is 2.20. The highest BCUT2D eigenvalue weighted by atomic mass is 16.4. The third kappa shape index (κ3) is 3.08. The number of imide groups is 1. The van der Waals surface area contributed by atoms with Crippen LogP contribution in [0.2, 0.25) is 0 Å². The van der Waals surface area contributed by atoms with Gasteiger partial charge in [0.15, 0.2) is 0 Å². The van der Waals surface area contributed by atoms with Crippen LogP contribution in [0.5, 0.6) is 0 Å². The van der Waals surface area contributed by atoms with E-state index in [1.54, 1.807) is 13.8 Å². The Labute approximate surface area is 133 Å². The molecule has 0 saturated carbocycles. The molecule has 0 radical (unpaired) electrons. The van der Waals surface area contributed by atoms with E-state index in [-0.39, 0.29) is 35.6 Å². The predicted octanol–water partition coefficient (Wildman–Crippen LogP) is 1.14. The lowest BCUT2D eigenvalue weighted by atomic mass is 9.89. The number of fused-ring (bicyclic) bond motifs is 1. The van der Waals surface area contributed by atoms with Gasteiger partial charge in [-0.1, -0.05) is 0 Å². The molecule has 7 nitrogen and oxygen atoms in total. The molecule has 7 heteroatoms. The second-order valence-electron chi connectivity index (χ2n) is 6.12. The van der Waals surface area contributed by atoms with Crippen molar-refractivity contribution in [2.45, 2.75) is 20.3 Å². The molecule has 1 aliphatic heterocycles. The molecular weight excluding hydrogens is 300 g/mol. The van der Waals surface area contributed by atoms with Crippen molar-refractivity contribution < 1.29 is 24.3 Å². The van der Waals surface area contributed by atoms with E-state index in [0.717, 1.165) is 4.90 Å². The highest BCUT2D eigenvalue weighted by Gasteiger charge is 2.33. The van der Waals surface area contributed by atoms with Crippen LogP contribution in [0.25, 0.3) is 0 Å². The van der Waals surface area contributed by atoms with E-state index in [9.17, 15) is 19.2 Å². The van der Waals surface area contributed by atoms with Gasteiger partial charge in [0.05, 0.1) is 16.5 Å². The Hall–Kier alpha value is -2.70. The van der Waals surface area contributed by atoms with E-state index in [4.69, 9.17) is 5.11 Å². The first-order valence-electron chi connectivity index (χ1n) is 7.13. The number of carboxylic acids is 1. The molecule has 0 atom stereocenters. The Balaban J connectivity index is 2.07. The number of carboxylic acid groups (broad SMARTS) is 1. The molecule has 1 aromatic rings. The molecule has 1 aromatic carbocycles. The Morgan fingerprint density at radius 2 is 1.78 bits per heavy atom. The quantitative estimate of drug-likeness (QED) is 0.792. The number of hydrogen-bond acceptors (Lipinski definition) is 4. The number of hydrogen-bond donors (Lipinski definition) is 2. The number of rotatable bonds is 5. The first kappa shape index (κ1) is 16.7. The average molecular weight is 318 g/mol.